The van der Waals surface area contributed by atoms with Gasteiger partial charge < -0.3 is 19.8 Å². The van der Waals surface area contributed by atoms with Gasteiger partial charge in [0.2, 0.25) is 0 Å². The molecule has 29 heavy (non-hydrogen) atoms. The van der Waals surface area contributed by atoms with E-state index in [9.17, 15) is 10.2 Å². The Morgan fingerprint density at radius 1 is 1.17 bits per heavy atom. The van der Waals surface area contributed by atoms with Crippen molar-refractivity contribution in [1.82, 2.24) is 14.8 Å². The zero-order valence-electron chi connectivity index (χ0n) is 16.5. The zero-order valence-corrected chi connectivity index (χ0v) is 17.3. The number of fused-ring (bicyclic) bond motifs is 1. The van der Waals surface area contributed by atoms with Crippen LogP contribution in [0.5, 0.6) is 17.2 Å². The monoisotopic (exact) mass is 412 g/mol. The Balaban J connectivity index is 1.86. The lowest BCUT2D eigenvalue weighted by Gasteiger charge is -2.31. The average Bonchev–Trinajstić information content (AvgIpc) is 3.09. The molecular formula is C21H24N4O3S. The standard InChI is InChI=1S/C21H24N4O3S/c1-3-7-24-8-9-28-19-6-5-14(11-16(19)24)25-20(22-23-21(25)29)15-10-13(4-2)17(26)12-18(15)27/h5-6,10-12,26-27H,3-4,7-9H2,1-2H3,(H,23,29). The van der Waals surface area contributed by atoms with Gasteiger partial charge in [0.1, 0.15) is 23.9 Å². The second-order valence-electron chi connectivity index (χ2n) is 7.03. The Morgan fingerprint density at radius 2 is 2.00 bits per heavy atom. The van der Waals surface area contributed by atoms with Crippen LogP contribution in [0.15, 0.2) is 30.3 Å². The molecule has 0 unspecified atom stereocenters. The van der Waals surface area contributed by atoms with Crippen molar-refractivity contribution in [1.29, 1.82) is 0 Å². The molecule has 0 saturated heterocycles. The number of anilines is 1. The lowest BCUT2D eigenvalue weighted by molar-refractivity contribution is 0.307. The maximum Gasteiger partial charge on any atom is 0.200 e. The number of aromatic hydroxyl groups is 2. The summed E-state index contributed by atoms with van der Waals surface area (Å²) in [5, 5.41) is 27.7. The molecular weight excluding hydrogens is 388 g/mol. The highest BCUT2D eigenvalue weighted by molar-refractivity contribution is 7.71. The highest BCUT2D eigenvalue weighted by atomic mass is 32.1. The minimum atomic E-state index is -0.0520. The number of aryl methyl sites for hydroxylation is 1. The third kappa shape index (κ3) is 3.44. The van der Waals surface area contributed by atoms with E-state index in [2.05, 4.69) is 22.0 Å². The molecule has 0 fully saturated rings. The molecule has 7 nitrogen and oxygen atoms in total. The van der Waals surface area contributed by atoms with Crippen molar-refractivity contribution in [3.8, 4) is 34.3 Å². The van der Waals surface area contributed by atoms with E-state index in [0.29, 0.717) is 29.2 Å². The van der Waals surface area contributed by atoms with Crippen molar-refractivity contribution in [3.05, 3.63) is 40.7 Å². The molecule has 1 aromatic heterocycles. The van der Waals surface area contributed by atoms with E-state index in [1.807, 2.05) is 25.1 Å². The third-order valence-electron chi connectivity index (χ3n) is 5.14. The highest BCUT2D eigenvalue weighted by Crippen LogP contribution is 2.37. The molecule has 2 aromatic carbocycles. The third-order valence-corrected chi connectivity index (χ3v) is 5.42. The fourth-order valence-electron chi connectivity index (χ4n) is 3.70. The van der Waals surface area contributed by atoms with Crippen molar-refractivity contribution in [2.24, 2.45) is 0 Å². The van der Waals surface area contributed by atoms with Gasteiger partial charge >= 0.3 is 0 Å². The first kappa shape index (κ1) is 19.3. The van der Waals surface area contributed by atoms with Crippen molar-refractivity contribution in [2.45, 2.75) is 26.7 Å². The average molecular weight is 413 g/mol. The Morgan fingerprint density at radius 3 is 2.76 bits per heavy atom. The van der Waals surface area contributed by atoms with Gasteiger partial charge in [-0.05, 0) is 54.9 Å². The number of aromatic amines is 1. The quantitative estimate of drug-likeness (QED) is 0.545. The Labute approximate surface area is 174 Å². The first-order chi connectivity index (χ1) is 14.0. The number of rotatable bonds is 5. The SMILES string of the molecule is CCCN1CCOc2ccc(-n3c(-c4cc(CC)c(O)cc4O)n[nH]c3=S)cc21. The molecule has 0 saturated carbocycles. The number of ether oxygens (including phenoxy) is 1. The largest absolute Gasteiger partial charge is 0.508 e. The molecule has 0 spiro atoms. The summed E-state index contributed by atoms with van der Waals surface area (Å²) < 4.78 is 8.02. The maximum atomic E-state index is 10.5. The molecule has 0 amide bonds. The smallest absolute Gasteiger partial charge is 0.200 e. The van der Waals surface area contributed by atoms with E-state index < -0.39 is 0 Å². The molecule has 3 aromatic rings. The highest BCUT2D eigenvalue weighted by Gasteiger charge is 2.21. The normalized spacial score (nSPS) is 13.2. The minimum absolute atomic E-state index is 0.0520. The molecule has 0 atom stereocenters. The van der Waals surface area contributed by atoms with Crippen LogP contribution in [-0.4, -0.2) is 44.7 Å². The molecule has 0 radical (unpaired) electrons. The summed E-state index contributed by atoms with van der Waals surface area (Å²) >= 11 is 5.49. The second-order valence-corrected chi connectivity index (χ2v) is 7.41. The van der Waals surface area contributed by atoms with Crippen molar-refractivity contribution in [3.63, 3.8) is 0 Å². The number of phenols is 2. The molecule has 1 aliphatic rings. The molecule has 8 heteroatoms. The van der Waals surface area contributed by atoms with Crippen LogP contribution in [0.2, 0.25) is 0 Å². The van der Waals surface area contributed by atoms with E-state index in [4.69, 9.17) is 17.0 Å². The minimum Gasteiger partial charge on any atom is -0.508 e. The van der Waals surface area contributed by atoms with E-state index in [1.165, 1.54) is 6.07 Å². The first-order valence-corrected chi connectivity index (χ1v) is 10.2. The predicted molar refractivity (Wildman–Crippen MR) is 115 cm³/mol. The van der Waals surface area contributed by atoms with Crippen LogP contribution in [0.25, 0.3) is 17.1 Å². The fourth-order valence-corrected chi connectivity index (χ4v) is 3.94. The number of H-pyrrole nitrogens is 1. The van der Waals surface area contributed by atoms with E-state index in [1.54, 1.807) is 10.6 Å². The molecule has 152 valence electrons. The number of hydrogen-bond donors (Lipinski definition) is 3. The number of phenolic OH excluding ortho intramolecular Hbond substituents is 2. The molecule has 0 aliphatic carbocycles. The fraction of sp³-hybridized carbons (Fsp3) is 0.333. The van der Waals surface area contributed by atoms with Gasteiger partial charge in [0.05, 0.1) is 23.5 Å². The van der Waals surface area contributed by atoms with Gasteiger partial charge in [0, 0.05) is 12.6 Å². The van der Waals surface area contributed by atoms with Crippen LogP contribution < -0.4 is 9.64 Å². The predicted octanol–water partition coefficient (Wildman–Crippen LogP) is 4.18. The van der Waals surface area contributed by atoms with Crippen LogP contribution in [0.1, 0.15) is 25.8 Å². The summed E-state index contributed by atoms with van der Waals surface area (Å²) in [5.41, 5.74) is 3.08. The summed E-state index contributed by atoms with van der Waals surface area (Å²) in [7, 11) is 0. The second kappa shape index (κ2) is 7.79. The maximum absolute atomic E-state index is 10.5. The topological polar surface area (TPSA) is 86.5 Å². The van der Waals surface area contributed by atoms with Gasteiger partial charge in [0.25, 0.3) is 0 Å². The van der Waals surface area contributed by atoms with Gasteiger partial charge in [-0.3, -0.25) is 9.67 Å². The number of nitrogens with one attached hydrogen (secondary N) is 1. The summed E-state index contributed by atoms with van der Waals surface area (Å²) in [6, 6.07) is 9.01. The number of nitrogens with zero attached hydrogens (tertiary/aromatic N) is 3. The summed E-state index contributed by atoms with van der Waals surface area (Å²) in [5.74, 6) is 1.35. The van der Waals surface area contributed by atoms with E-state index >= 15 is 0 Å². The molecule has 0 bridgehead atoms. The van der Waals surface area contributed by atoms with E-state index in [0.717, 1.165) is 42.2 Å². The van der Waals surface area contributed by atoms with Crippen LogP contribution >= 0.6 is 12.2 Å². The molecule has 2 heterocycles. The van der Waals surface area contributed by atoms with Gasteiger partial charge in [-0.1, -0.05) is 13.8 Å². The van der Waals surface area contributed by atoms with Gasteiger partial charge in [-0.25, -0.2) is 0 Å². The van der Waals surface area contributed by atoms with Crippen molar-refractivity contribution < 1.29 is 14.9 Å². The number of aromatic nitrogens is 3. The number of benzene rings is 2. The van der Waals surface area contributed by atoms with Gasteiger partial charge in [-0.15, -0.1) is 0 Å². The summed E-state index contributed by atoms with van der Waals surface area (Å²) in [6.07, 6.45) is 1.67. The number of hydrogen-bond acceptors (Lipinski definition) is 6. The van der Waals surface area contributed by atoms with Crippen molar-refractivity contribution >= 4 is 17.9 Å². The Hall–Kier alpha value is -3.00. The van der Waals surface area contributed by atoms with E-state index in [-0.39, 0.29) is 11.5 Å². The molecule has 4 rings (SSSR count). The zero-order chi connectivity index (χ0) is 20.5. The Bertz CT molecular complexity index is 1110. The Kier molecular flexibility index (Phi) is 5.19. The summed E-state index contributed by atoms with van der Waals surface area (Å²) in [4.78, 5) is 2.30. The molecule has 3 N–H and O–H groups in total. The van der Waals surface area contributed by atoms with Crippen LogP contribution in [0, 0.1) is 4.77 Å². The summed E-state index contributed by atoms with van der Waals surface area (Å²) in [6.45, 7) is 6.56. The molecule has 1 aliphatic heterocycles. The first-order valence-electron chi connectivity index (χ1n) is 9.78. The van der Waals surface area contributed by atoms with Gasteiger partial charge in [-0.2, -0.15) is 5.10 Å². The lowest BCUT2D eigenvalue weighted by Crippen LogP contribution is -2.33. The van der Waals surface area contributed by atoms with Crippen molar-refractivity contribution in [2.75, 3.05) is 24.6 Å². The lowest BCUT2D eigenvalue weighted by atomic mass is 10.1. The van der Waals surface area contributed by atoms with Gasteiger partial charge in [0.15, 0.2) is 10.6 Å². The van der Waals surface area contributed by atoms with Crippen LogP contribution in [-0.2, 0) is 6.42 Å². The van der Waals surface area contributed by atoms with Crippen LogP contribution in [0.3, 0.4) is 0 Å². The van der Waals surface area contributed by atoms with Crippen LogP contribution in [0.4, 0.5) is 5.69 Å².